The molecule has 1 rings (SSSR count). The quantitative estimate of drug-likeness (QED) is 0.571. The fourth-order valence-corrected chi connectivity index (χ4v) is 2.02. The fraction of sp³-hybridized carbons (Fsp3) is 0.250. The Bertz CT molecular complexity index is 526. The normalized spacial score (nSPS) is 11.7. The van der Waals surface area contributed by atoms with Gasteiger partial charge in [0.25, 0.3) is 5.91 Å². The highest BCUT2D eigenvalue weighted by molar-refractivity contribution is 9.10. The number of nitrogen functional groups attached to an aromatic ring is 1. The molecule has 108 valence electrons. The van der Waals surface area contributed by atoms with Crippen molar-refractivity contribution in [3.05, 3.63) is 28.2 Å². The maximum absolute atomic E-state index is 11.9. The molecule has 7 nitrogen and oxygen atoms in total. The monoisotopic (exact) mass is 344 g/mol. The minimum absolute atomic E-state index is 0.193. The van der Waals surface area contributed by atoms with Gasteiger partial charge in [0.05, 0.1) is 0 Å². The summed E-state index contributed by atoms with van der Waals surface area (Å²) in [5.74, 6) is -3.05. The largest absolute Gasteiger partial charge is 0.481 e. The zero-order chi connectivity index (χ0) is 15.3. The van der Waals surface area contributed by atoms with E-state index in [1.165, 1.54) is 12.1 Å². The zero-order valence-electron chi connectivity index (χ0n) is 10.3. The third-order valence-electron chi connectivity index (χ3n) is 2.43. The molecule has 0 aromatic heterocycles. The van der Waals surface area contributed by atoms with Gasteiger partial charge in [-0.3, -0.25) is 9.59 Å². The number of nitrogens with one attached hydrogen (secondary N) is 1. The van der Waals surface area contributed by atoms with E-state index in [0.717, 1.165) is 0 Å². The van der Waals surface area contributed by atoms with Crippen molar-refractivity contribution in [3.8, 4) is 0 Å². The van der Waals surface area contributed by atoms with Gasteiger partial charge < -0.3 is 21.3 Å². The number of halogens is 1. The van der Waals surface area contributed by atoms with Crippen molar-refractivity contribution < 1.29 is 24.6 Å². The molecule has 0 fully saturated rings. The van der Waals surface area contributed by atoms with E-state index in [1.807, 2.05) is 0 Å². The van der Waals surface area contributed by atoms with Crippen molar-refractivity contribution in [1.82, 2.24) is 5.32 Å². The molecule has 5 N–H and O–H groups in total. The highest BCUT2D eigenvalue weighted by atomic mass is 79.9. The van der Waals surface area contributed by atoms with E-state index in [1.54, 1.807) is 6.07 Å². The van der Waals surface area contributed by atoms with Crippen LogP contribution in [-0.2, 0) is 9.59 Å². The van der Waals surface area contributed by atoms with Crippen LogP contribution in [-0.4, -0.2) is 34.1 Å². The highest BCUT2D eigenvalue weighted by Crippen LogP contribution is 2.17. The Kier molecular flexibility index (Phi) is 5.51. The predicted octanol–water partition coefficient (Wildman–Crippen LogP) is 1.08. The first-order chi connectivity index (χ1) is 9.29. The number of benzene rings is 1. The highest BCUT2D eigenvalue weighted by Gasteiger charge is 2.21. The summed E-state index contributed by atoms with van der Waals surface area (Å²) in [5.41, 5.74) is 6.12. The second-order valence-electron chi connectivity index (χ2n) is 4.07. The van der Waals surface area contributed by atoms with Crippen LogP contribution in [0.3, 0.4) is 0 Å². The smallest absolute Gasteiger partial charge is 0.326 e. The van der Waals surface area contributed by atoms with E-state index >= 15 is 0 Å². The number of carbonyl (C=O) groups is 3. The van der Waals surface area contributed by atoms with Crippen LogP contribution in [0.15, 0.2) is 22.7 Å². The van der Waals surface area contributed by atoms with Crippen molar-refractivity contribution in [1.29, 1.82) is 0 Å². The molecule has 8 heteroatoms. The van der Waals surface area contributed by atoms with Crippen LogP contribution in [0.2, 0.25) is 0 Å². The third kappa shape index (κ3) is 4.88. The number of anilines is 1. The van der Waals surface area contributed by atoms with Crippen LogP contribution in [0.4, 0.5) is 5.69 Å². The van der Waals surface area contributed by atoms with E-state index in [0.29, 0.717) is 10.2 Å². The molecule has 1 aromatic carbocycles. The number of carbonyl (C=O) groups excluding carboxylic acids is 1. The molecule has 0 bridgehead atoms. The zero-order valence-corrected chi connectivity index (χ0v) is 11.9. The molecule has 1 aromatic rings. The maximum atomic E-state index is 11.9. The van der Waals surface area contributed by atoms with E-state index in [-0.39, 0.29) is 18.4 Å². The first-order valence-corrected chi connectivity index (χ1v) is 6.40. The van der Waals surface area contributed by atoms with Crippen LogP contribution >= 0.6 is 15.9 Å². The van der Waals surface area contributed by atoms with Crippen LogP contribution in [0, 0.1) is 0 Å². The van der Waals surface area contributed by atoms with Crippen molar-refractivity contribution in [2.75, 3.05) is 5.73 Å². The summed E-state index contributed by atoms with van der Waals surface area (Å²) in [6.07, 6.45) is -0.544. The maximum Gasteiger partial charge on any atom is 0.326 e. The fourth-order valence-electron chi connectivity index (χ4n) is 1.51. The minimum atomic E-state index is -1.29. The van der Waals surface area contributed by atoms with Gasteiger partial charge in [0, 0.05) is 22.1 Å². The van der Waals surface area contributed by atoms with Crippen LogP contribution in [0.5, 0.6) is 0 Å². The average molecular weight is 345 g/mol. The van der Waals surface area contributed by atoms with Gasteiger partial charge in [0.15, 0.2) is 0 Å². The van der Waals surface area contributed by atoms with Crippen molar-refractivity contribution in [3.63, 3.8) is 0 Å². The lowest BCUT2D eigenvalue weighted by Gasteiger charge is -2.14. The topological polar surface area (TPSA) is 130 Å². The standard InChI is InChI=1S/C12H13BrN2O5/c13-7-3-6(4-8(14)5-7)11(18)15-9(12(19)20)1-2-10(16)17/h3-5,9H,1-2,14H2,(H,15,18)(H,16,17)(H,19,20)/t9-/m0/s1. The molecule has 0 radical (unpaired) electrons. The van der Waals surface area contributed by atoms with Crippen molar-refractivity contribution in [2.45, 2.75) is 18.9 Å². The predicted molar refractivity (Wildman–Crippen MR) is 74.3 cm³/mol. The summed E-state index contributed by atoms with van der Waals surface area (Å²) < 4.78 is 0.583. The van der Waals surface area contributed by atoms with E-state index < -0.39 is 23.9 Å². The average Bonchev–Trinajstić information content (AvgIpc) is 2.32. The van der Waals surface area contributed by atoms with Crippen molar-refractivity contribution in [2.24, 2.45) is 0 Å². The summed E-state index contributed by atoms with van der Waals surface area (Å²) in [5, 5.41) is 19.8. The Morgan fingerprint density at radius 1 is 1.25 bits per heavy atom. The Balaban J connectivity index is 2.79. The third-order valence-corrected chi connectivity index (χ3v) is 2.89. The Morgan fingerprint density at radius 2 is 1.90 bits per heavy atom. The number of aliphatic carboxylic acids is 2. The number of nitrogens with two attached hydrogens (primary N) is 1. The molecule has 20 heavy (non-hydrogen) atoms. The molecule has 0 saturated heterocycles. The van der Waals surface area contributed by atoms with Gasteiger partial charge in [-0.1, -0.05) is 15.9 Å². The van der Waals surface area contributed by atoms with Crippen molar-refractivity contribution >= 4 is 39.5 Å². The Labute approximate surface area is 122 Å². The molecule has 0 saturated carbocycles. The number of carboxylic acid groups (broad SMARTS) is 2. The lowest BCUT2D eigenvalue weighted by atomic mass is 10.1. The molecular weight excluding hydrogens is 332 g/mol. The second kappa shape index (κ2) is 6.90. The number of hydrogen-bond acceptors (Lipinski definition) is 4. The summed E-state index contributed by atoms with van der Waals surface area (Å²) in [6.45, 7) is 0. The van der Waals surface area contributed by atoms with Gasteiger partial charge >= 0.3 is 11.9 Å². The molecule has 0 aliphatic carbocycles. The number of amides is 1. The number of rotatable bonds is 6. The van der Waals surface area contributed by atoms with Crippen LogP contribution in [0.1, 0.15) is 23.2 Å². The number of carboxylic acids is 2. The van der Waals surface area contributed by atoms with Gasteiger partial charge in [0.1, 0.15) is 6.04 Å². The van der Waals surface area contributed by atoms with Gasteiger partial charge in [-0.25, -0.2) is 4.79 Å². The molecule has 0 heterocycles. The Morgan fingerprint density at radius 3 is 2.40 bits per heavy atom. The van der Waals surface area contributed by atoms with E-state index in [4.69, 9.17) is 15.9 Å². The van der Waals surface area contributed by atoms with E-state index in [9.17, 15) is 14.4 Å². The molecule has 1 atom stereocenters. The summed E-state index contributed by atoms with van der Waals surface area (Å²) in [4.78, 5) is 33.3. The molecule has 0 aliphatic heterocycles. The summed E-state index contributed by atoms with van der Waals surface area (Å²) >= 11 is 3.17. The molecule has 1 amide bonds. The number of hydrogen-bond donors (Lipinski definition) is 4. The summed E-state index contributed by atoms with van der Waals surface area (Å²) in [7, 11) is 0. The SMILES string of the molecule is Nc1cc(Br)cc(C(=O)N[C@@H](CCC(=O)O)C(=O)O)c1. The van der Waals surface area contributed by atoms with Gasteiger partial charge in [-0.2, -0.15) is 0 Å². The minimum Gasteiger partial charge on any atom is -0.481 e. The molecule has 0 spiro atoms. The lowest BCUT2D eigenvalue weighted by Crippen LogP contribution is -2.41. The van der Waals surface area contributed by atoms with Gasteiger partial charge in [0.2, 0.25) is 0 Å². The molecular formula is C12H13BrN2O5. The van der Waals surface area contributed by atoms with Gasteiger partial charge in [-0.05, 0) is 24.6 Å². The lowest BCUT2D eigenvalue weighted by molar-refractivity contribution is -0.140. The molecule has 0 aliphatic rings. The van der Waals surface area contributed by atoms with Crippen LogP contribution in [0.25, 0.3) is 0 Å². The van der Waals surface area contributed by atoms with Crippen LogP contribution < -0.4 is 11.1 Å². The first-order valence-electron chi connectivity index (χ1n) is 5.61. The molecule has 0 unspecified atom stereocenters. The van der Waals surface area contributed by atoms with Gasteiger partial charge in [-0.15, -0.1) is 0 Å². The first kappa shape index (κ1) is 16.0. The second-order valence-corrected chi connectivity index (χ2v) is 4.99. The summed E-state index contributed by atoms with van der Waals surface area (Å²) in [6, 6.07) is 3.22. The van der Waals surface area contributed by atoms with E-state index in [2.05, 4.69) is 21.2 Å². The Hall–Kier alpha value is -2.09.